The van der Waals surface area contributed by atoms with Crippen molar-refractivity contribution in [3.05, 3.63) is 12.7 Å². The van der Waals surface area contributed by atoms with Gasteiger partial charge in [-0.05, 0) is 54.8 Å². The fraction of sp³-hybridized carbons (Fsp3) is 0.781. The molecule has 3 rings (SSSR count). The van der Waals surface area contributed by atoms with Crippen LogP contribution in [0.3, 0.4) is 0 Å². The minimum absolute atomic E-state index is 0.0115. The number of fused-ring (bicyclic) bond motifs is 1. The molecule has 2 aliphatic carbocycles. The van der Waals surface area contributed by atoms with E-state index in [9.17, 15) is 32.4 Å². The summed E-state index contributed by atoms with van der Waals surface area (Å²) >= 11 is 0. The molecule has 254 valence electrons. The van der Waals surface area contributed by atoms with Crippen molar-refractivity contribution in [1.29, 1.82) is 0 Å². The van der Waals surface area contributed by atoms with Crippen LogP contribution in [-0.2, 0) is 34.0 Å². The Morgan fingerprint density at radius 3 is 2.22 bits per heavy atom. The van der Waals surface area contributed by atoms with Crippen LogP contribution < -0.4 is 20.7 Å². The zero-order chi connectivity index (χ0) is 33.7. The van der Waals surface area contributed by atoms with Gasteiger partial charge in [-0.2, -0.15) is 0 Å². The molecule has 13 heteroatoms. The summed E-state index contributed by atoms with van der Waals surface area (Å²) in [4.78, 5) is 68.9. The molecular weight excluding hydrogens is 598 g/mol. The van der Waals surface area contributed by atoms with Crippen LogP contribution in [-0.4, -0.2) is 86.2 Å². The van der Waals surface area contributed by atoms with Gasteiger partial charge in [0.25, 0.3) is 5.91 Å². The number of Topliss-reactive ketones (excluding diaryl/α,β-unsaturated/α-hetero) is 1. The number of amides is 4. The van der Waals surface area contributed by atoms with Gasteiger partial charge in [-0.15, -0.1) is 6.58 Å². The summed E-state index contributed by atoms with van der Waals surface area (Å²) in [5.74, 6) is -3.22. The lowest BCUT2D eigenvalue weighted by molar-refractivity contribution is -0.146. The van der Waals surface area contributed by atoms with Crippen molar-refractivity contribution in [2.75, 3.05) is 19.3 Å². The van der Waals surface area contributed by atoms with Crippen LogP contribution in [0.1, 0.15) is 86.0 Å². The number of ketones is 1. The molecule has 3 aliphatic rings. The van der Waals surface area contributed by atoms with Crippen molar-refractivity contribution >= 4 is 39.4 Å². The first-order valence-corrected chi connectivity index (χ1v) is 18.2. The zero-order valence-electron chi connectivity index (χ0n) is 27.7. The summed E-state index contributed by atoms with van der Waals surface area (Å²) in [6, 6.07) is -3.89. The van der Waals surface area contributed by atoms with Crippen LogP contribution in [0.15, 0.2) is 12.7 Å². The van der Waals surface area contributed by atoms with Gasteiger partial charge < -0.3 is 20.9 Å². The Bertz CT molecular complexity index is 1240. The number of likely N-dealkylation sites (tertiary alicyclic amines) is 1. The Balaban J connectivity index is 1.89. The maximum absolute atomic E-state index is 14.4. The van der Waals surface area contributed by atoms with Crippen LogP contribution in [0, 0.1) is 29.1 Å². The average Bonchev–Trinajstić information content (AvgIpc) is 3.28. The fourth-order valence-electron chi connectivity index (χ4n) is 7.26. The van der Waals surface area contributed by atoms with E-state index in [1.165, 1.54) is 6.08 Å². The lowest BCUT2D eigenvalue weighted by atomic mass is 9.82. The molecule has 1 saturated heterocycles. The smallest absolute Gasteiger partial charge is 0.289 e. The third-order valence-electron chi connectivity index (χ3n) is 9.67. The summed E-state index contributed by atoms with van der Waals surface area (Å²) in [5, 5.41) is 8.17. The van der Waals surface area contributed by atoms with Crippen molar-refractivity contribution in [3.63, 3.8) is 0 Å². The first-order chi connectivity index (χ1) is 21.0. The molecule has 2 saturated carbocycles. The zero-order valence-corrected chi connectivity index (χ0v) is 28.5. The summed E-state index contributed by atoms with van der Waals surface area (Å²) in [6.07, 6.45) is 7.79. The monoisotopic (exact) mass is 651 g/mol. The lowest BCUT2D eigenvalue weighted by Crippen LogP contribution is -2.61. The Morgan fingerprint density at radius 1 is 1.02 bits per heavy atom. The average molecular weight is 652 g/mol. The highest BCUT2D eigenvalue weighted by molar-refractivity contribution is 7.88. The number of carbonyl (C=O) groups excluding carboxylic acids is 5. The minimum atomic E-state index is -3.70. The van der Waals surface area contributed by atoms with Crippen molar-refractivity contribution in [2.45, 2.75) is 110 Å². The molecule has 6 atom stereocenters. The van der Waals surface area contributed by atoms with Gasteiger partial charge in [0.2, 0.25) is 33.5 Å². The molecule has 1 heterocycles. The molecule has 0 aromatic heterocycles. The highest BCUT2D eigenvalue weighted by Gasteiger charge is 2.69. The number of piperidine rings is 1. The SMILES string of the molecule is C=CCNC(=O)C(=O)[C@H](CCC)NC(=O)[C@@H]1[C@@H]2[C@H](CN1C(=O)[C@@H](NC(=O)[C@H](CC(C)C)NS(C)(=O)=O)C1CCCCC1)C2(C)C. The molecule has 3 fully saturated rings. The normalized spacial score (nSPS) is 24.6. The van der Waals surface area contributed by atoms with Crippen LogP contribution in [0.2, 0.25) is 0 Å². The van der Waals surface area contributed by atoms with Crippen LogP contribution >= 0.6 is 0 Å². The molecular formula is C32H53N5O7S. The highest BCUT2D eigenvalue weighted by atomic mass is 32.2. The summed E-state index contributed by atoms with van der Waals surface area (Å²) < 4.78 is 26.6. The topological polar surface area (TPSA) is 171 Å². The fourth-order valence-corrected chi connectivity index (χ4v) is 7.98. The van der Waals surface area contributed by atoms with E-state index in [-0.39, 0.29) is 54.4 Å². The first-order valence-electron chi connectivity index (χ1n) is 16.3. The van der Waals surface area contributed by atoms with Crippen molar-refractivity contribution in [2.24, 2.45) is 29.1 Å². The van der Waals surface area contributed by atoms with Crippen LogP contribution in [0.25, 0.3) is 0 Å². The number of carbonyl (C=O) groups is 5. The van der Waals surface area contributed by atoms with Crippen molar-refractivity contribution < 1.29 is 32.4 Å². The van der Waals surface area contributed by atoms with Gasteiger partial charge in [0.15, 0.2) is 0 Å². The Kier molecular flexibility index (Phi) is 12.4. The van der Waals surface area contributed by atoms with Gasteiger partial charge >= 0.3 is 0 Å². The number of sulfonamides is 1. The van der Waals surface area contributed by atoms with Gasteiger partial charge in [0.05, 0.1) is 12.3 Å². The van der Waals surface area contributed by atoms with E-state index in [4.69, 9.17) is 0 Å². The molecule has 4 amide bonds. The van der Waals surface area contributed by atoms with Crippen molar-refractivity contribution in [1.82, 2.24) is 25.6 Å². The predicted molar refractivity (Wildman–Crippen MR) is 171 cm³/mol. The molecule has 0 unspecified atom stereocenters. The minimum Gasteiger partial charge on any atom is -0.346 e. The van der Waals surface area contributed by atoms with E-state index in [0.717, 1.165) is 38.4 Å². The Morgan fingerprint density at radius 2 is 1.67 bits per heavy atom. The van der Waals surface area contributed by atoms with Gasteiger partial charge in [-0.1, -0.05) is 66.4 Å². The Labute approximate surface area is 268 Å². The summed E-state index contributed by atoms with van der Waals surface area (Å²) in [6.45, 7) is 13.7. The van der Waals surface area contributed by atoms with Crippen LogP contribution in [0.4, 0.5) is 0 Å². The first kappa shape index (κ1) is 36.7. The van der Waals surface area contributed by atoms with Crippen molar-refractivity contribution in [3.8, 4) is 0 Å². The highest BCUT2D eigenvalue weighted by Crippen LogP contribution is 2.65. The second-order valence-electron chi connectivity index (χ2n) is 14.1. The largest absolute Gasteiger partial charge is 0.346 e. The van der Waals surface area contributed by atoms with E-state index in [1.54, 1.807) is 4.90 Å². The van der Waals surface area contributed by atoms with Gasteiger partial charge in [-0.25, -0.2) is 13.1 Å². The quantitative estimate of drug-likeness (QED) is 0.145. The molecule has 4 N–H and O–H groups in total. The maximum atomic E-state index is 14.4. The second kappa shape index (κ2) is 15.2. The Hall–Kier alpha value is -2.80. The number of hydrogen-bond donors (Lipinski definition) is 4. The van der Waals surface area contributed by atoms with E-state index < -0.39 is 57.7 Å². The number of hydrogen-bond acceptors (Lipinski definition) is 7. The molecule has 12 nitrogen and oxygen atoms in total. The van der Waals surface area contributed by atoms with E-state index in [0.29, 0.717) is 13.0 Å². The lowest BCUT2D eigenvalue weighted by Gasteiger charge is -2.37. The molecule has 0 spiro atoms. The number of nitrogens with zero attached hydrogens (tertiary/aromatic N) is 1. The van der Waals surface area contributed by atoms with Crippen LogP contribution in [0.5, 0.6) is 0 Å². The predicted octanol–water partition coefficient (Wildman–Crippen LogP) is 1.65. The molecule has 1 aliphatic heterocycles. The maximum Gasteiger partial charge on any atom is 0.289 e. The summed E-state index contributed by atoms with van der Waals surface area (Å²) in [5.41, 5.74) is -0.199. The van der Waals surface area contributed by atoms with Gasteiger partial charge in [0, 0.05) is 13.1 Å². The summed E-state index contributed by atoms with van der Waals surface area (Å²) in [7, 11) is -3.70. The van der Waals surface area contributed by atoms with Gasteiger partial charge in [0.1, 0.15) is 18.1 Å². The third-order valence-corrected chi connectivity index (χ3v) is 10.4. The van der Waals surface area contributed by atoms with E-state index in [1.807, 2.05) is 20.8 Å². The number of nitrogens with one attached hydrogen (secondary N) is 4. The van der Waals surface area contributed by atoms with Gasteiger partial charge in [-0.3, -0.25) is 24.0 Å². The second-order valence-corrected chi connectivity index (χ2v) is 15.8. The van der Waals surface area contributed by atoms with E-state index in [2.05, 4.69) is 41.1 Å². The third kappa shape index (κ3) is 9.15. The molecule has 0 aromatic carbocycles. The molecule has 0 aromatic rings. The van der Waals surface area contributed by atoms with E-state index >= 15 is 0 Å². The molecule has 45 heavy (non-hydrogen) atoms. The number of rotatable bonds is 16. The molecule has 0 bridgehead atoms. The molecule has 0 radical (unpaired) electrons. The standard InChI is InChI=1S/C32H53N5O7S/c1-8-13-22(27(38)30(41)33-16-9-2)34-29(40)26-24-21(32(24,5)6)18-37(26)31(42)25(20-14-11-10-12-15-20)35-28(39)23(17-19(3)4)36-45(7,43)44/h9,19-26,36H,2,8,10-18H2,1,3-7H3,(H,33,41)(H,34,40)(H,35,39)/t21-,22-,23-,24-,25-,26-/m0/s1.